The van der Waals surface area contributed by atoms with Crippen LogP contribution in [0.15, 0.2) is 30.3 Å². The Morgan fingerprint density at radius 1 is 1.07 bits per heavy atom. The molecule has 3 atom stereocenters. The van der Waals surface area contributed by atoms with Crippen molar-refractivity contribution in [3.63, 3.8) is 0 Å². The molecular weight excluding hydrogens is 395 g/mol. The molecule has 0 radical (unpaired) electrons. The minimum atomic E-state index is -0.390. The minimum absolute atomic E-state index is 0. The highest BCUT2D eigenvalue weighted by Crippen LogP contribution is 2.39. The summed E-state index contributed by atoms with van der Waals surface area (Å²) >= 11 is 0. The Balaban J connectivity index is 0.00000196. The van der Waals surface area contributed by atoms with E-state index in [9.17, 15) is 5.11 Å². The van der Waals surface area contributed by atoms with Crippen LogP contribution in [0.25, 0.3) is 0 Å². The number of anilines is 1. The number of hydrogen-bond donors (Lipinski definition) is 1. The Kier molecular flexibility index (Phi) is 10.6. The van der Waals surface area contributed by atoms with Gasteiger partial charge in [-0.3, -0.25) is 4.90 Å². The van der Waals surface area contributed by atoms with E-state index in [-0.39, 0.29) is 24.8 Å². The number of nitrogens with zero attached hydrogens (tertiary/aromatic N) is 2. The summed E-state index contributed by atoms with van der Waals surface area (Å²) in [7, 11) is 0. The van der Waals surface area contributed by atoms with Gasteiger partial charge in [-0.25, -0.2) is 0 Å². The summed E-state index contributed by atoms with van der Waals surface area (Å²) in [5, 5.41) is 10.4. The Bertz CT molecular complexity index is 551. The normalized spacial score (nSPS) is 26.1. The maximum atomic E-state index is 10.4. The molecule has 1 saturated heterocycles. The van der Waals surface area contributed by atoms with Gasteiger partial charge in [0.1, 0.15) is 0 Å². The van der Waals surface area contributed by atoms with Crippen molar-refractivity contribution < 1.29 is 9.84 Å². The molecule has 0 bridgehead atoms. The molecule has 1 aliphatic carbocycles. The van der Waals surface area contributed by atoms with Crippen molar-refractivity contribution in [3.05, 3.63) is 30.3 Å². The monoisotopic (exact) mass is 432 g/mol. The minimum Gasteiger partial charge on any atom is -0.389 e. The molecule has 3 unspecified atom stereocenters. The lowest BCUT2D eigenvalue weighted by atomic mass is 9.71. The number of aliphatic hydroxyl groups is 1. The molecule has 2 aliphatic rings. The molecule has 1 N–H and O–H groups in total. The molecule has 1 aromatic rings. The zero-order chi connectivity index (χ0) is 18.6. The summed E-state index contributed by atoms with van der Waals surface area (Å²) in [6, 6.07) is 10.6. The van der Waals surface area contributed by atoms with E-state index in [1.807, 2.05) is 0 Å². The van der Waals surface area contributed by atoms with Gasteiger partial charge in [-0.1, -0.05) is 39.0 Å². The predicted molar refractivity (Wildman–Crippen MR) is 122 cm³/mol. The molecule has 6 heteroatoms. The van der Waals surface area contributed by atoms with E-state index >= 15 is 0 Å². The van der Waals surface area contributed by atoms with Crippen molar-refractivity contribution >= 4 is 30.5 Å². The van der Waals surface area contributed by atoms with Crippen LogP contribution in [-0.4, -0.2) is 61.5 Å². The Hall–Kier alpha value is -0.520. The summed E-state index contributed by atoms with van der Waals surface area (Å²) in [6.07, 6.45) is 3.43. The molecule has 1 aromatic carbocycles. The fourth-order valence-corrected chi connectivity index (χ4v) is 4.81. The highest BCUT2D eigenvalue weighted by Gasteiger charge is 2.32. The molecule has 28 heavy (non-hydrogen) atoms. The number of hydrogen-bond acceptors (Lipinski definition) is 4. The van der Waals surface area contributed by atoms with E-state index in [4.69, 9.17) is 4.74 Å². The highest BCUT2D eigenvalue weighted by atomic mass is 35.5. The van der Waals surface area contributed by atoms with Crippen molar-refractivity contribution in [1.82, 2.24) is 4.90 Å². The third-order valence-electron chi connectivity index (χ3n) is 5.83. The lowest BCUT2D eigenvalue weighted by Crippen LogP contribution is -2.49. The Morgan fingerprint density at radius 2 is 1.71 bits per heavy atom. The van der Waals surface area contributed by atoms with Crippen LogP contribution >= 0.6 is 24.8 Å². The molecule has 4 nitrogen and oxygen atoms in total. The standard InChI is InChI=1S/C22H36N2O2.2ClH/c1-18-13-21(15-22(2,3)14-18)26-17-20(25)16-23-9-11-24(12-10-23)19-7-5-4-6-8-19;;/h4-8,18,20-21,25H,9-17H2,1-3H3;2*1H. The zero-order valence-electron chi connectivity index (χ0n) is 17.5. The van der Waals surface area contributed by atoms with E-state index < -0.39 is 6.10 Å². The van der Waals surface area contributed by atoms with Gasteiger partial charge in [-0.05, 0) is 42.7 Å². The molecular formula is C22H38Cl2N2O2. The zero-order valence-corrected chi connectivity index (χ0v) is 19.2. The van der Waals surface area contributed by atoms with Crippen LogP contribution in [0.1, 0.15) is 40.0 Å². The van der Waals surface area contributed by atoms with E-state index in [0.29, 0.717) is 30.6 Å². The summed E-state index contributed by atoms with van der Waals surface area (Å²) in [5.74, 6) is 0.715. The van der Waals surface area contributed by atoms with Crippen LogP contribution in [0.2, 0.25) is 0 Å². The van der Waals surface area contributed by atoms with Gasteiger partial charge in [0.05, 0.1) is 18.8 Å². The molecule has 1 aliphatic heterocycles. The lowest BCUT2D eigenvalue weighted by molar-refractivity contribution is -0.0615. The van der Waals surface area contributed by atoms with Crippen LogP contribution < -0.4 is 4.90 Å². The first-order chi connectivity index (χ1) is 12.4. The molecule has 3 rings (SSSR count). The molecule has 0 aromatic heterocycles. The van der Waals surface area contributed by atoms with Crippen LogP contribution in [0.3, 0.4) is 0 Å². The first-order valence-corrected chi connectivity index (χ1v) is 10.2. The maximum Gasteiger partial charge on any atom is 0.0900 e. The second-order valence-electron chi connectivity index (χ2n) is 9.15. The Labute approximate surface area is 183 Å². The first-order valence-electron chi connectivity index (χ1n) is 10.2. The van der Waals surface area contributed by atoms with E-state index in [1.54, 1.807) is 0 Å². The molecule has 1 saturated carbocycles. The fourth-order valence-electron chi connectivity index (χ4n) is 4.81. The summed E-state index contributed by atoms with van der Waals surface area (Å²) in [5.41, 5.74) is 1.66. The van der Waals surface area contributed by atoms with Crippen molar-refractivity contribution in [2.75, 3.05) is 44.2 Å². The van der Waals surface area contributed by atoms with E-state index in [0.717, 1.165) is 39.0 Å². The first kappa shape index (κ1) is 25.5. The summed E-state index contributed by atoms with van der Waals surface area (Å²) in [6.45, 7) is 12.2. The van der Waals surface area contributed by atoms with Crippen LogP contribution in [0.4, 0.5) is 5.69 Å². The lowest BCUT2D eigenvalue weighted by Gasteiger charge is -2.39. The van der Waals surface area contributed by atoms with Gasteiger partial charge in [0.2, 0.25) is 0 Å². The predicted octanol–water partition coefficient (Wildman–Crippen LogP) is 4.24. The average molecular weight is 433 g/mol. The van der Waals surface area contributed by atoms with Gasteiger partial charge in [-0.15, -0.1) is 24.8 Å². The van der Waals surface area contributed by atoms with Gasteiger partial charge < -0.3 is 14.7 Å². The molecule has 0 amide bonds. The number of ether oxygens (including phenoxy) is 1. The number of para-hydroxylation sites is 1. The number of benzene rings is 1. The highest BCUT2D eigenvalue weighted by molar-refractivity contribution is 5.85. The van der Waals surface area contributed by atoms with E-state index in [1.165, 1.54) is 12.1 Å². The smallest absolute Gasteiger partial charge is 0.0900 e. The number of piperazine rings is 1. The van der Waals surface area contributed by atoms with Crippen molar-refractivity contribution in [1.29, 1.82) is 0 Å². The third kappa shape index (κ3) is 7.72. The molecule has 1 heterocycles. The fraction of sp³-hybridized carbons (Fsp3) is 0.727. The SMILES string of the molecule is CC1CC(OCC(O)CN2CCN(c3ccccc3)CC2)CC(C)(C)C1.Cl.Cl. The summed E-state index contributed by atoms with van der Waals surface area (Å²) < 4.78 is 6.10. The van der Waals surface area contributed by atoms with Gasteiger partial charge in [-0.2, -0.15) is 0 Å². The van der Waals surface area contributed by atoms with E-state index in [2.05, 4.69) is 60.9 Å². The van der Waals surface area contributed by atoms with Crippen molar-refractivity contribution in [2.24, 2.45) is 11.3 Å². The van der Waals surface area contributed by atoms with Gasteiger partial charge in [0.25, 0.3) is 0 Å². The number of rotatable bonds is 6. The van der Waals surface area contributed by atoms with Crippen LogP contribution in [0, 0.1) is 11.3 Å². The number of halogens is 2. The second-order valence-corrected chi connectivity index (χ2v) is 9.15. The van der Waals surface area contributed by atoms with Gasteiger partial charge >= 0.3 is 0 Å². The maximum absolute atomic E-state index is 10.4. The topological polar surface area (TPSA) is 35.9 Å². The van der Waals surface area contributed by atoms with Gasteiger partial charge in [0, 0.05) is 38.4 Å². The summed E-state index contributed by atoms with van der Waals surface area (Å²) in [4.78, 5) is 4.78. The molecule has 0 spiro atoms. The average Bonchev–Trinajstić information content (AvgIpc) is 2.60. The van der Waals surface area contributed by atoms with Crippen LogP contribution in [0.5, 0.6) is 0 Å². The Morgan fingerprint density at radius 3 is 2.32 bits per heavy atom. The number of aliphatic hydroxyl groups excluding tert-OH is 1. The molecule has 162 valence electrons. The third-order valence-corrected chi connectivity index (χ3v) is 5.83. The van der Waals surface area contributed by atoms with Crippen molar-refractivity contribution in [3.8, 4) is 0 Å². The molecule has 2 fully saturated rings. The quantitative estimate of drug-likeness (QED) is 0.728. The van der Waals surface area contributed by atoms with Crippen LogP contribution in [-0.2, 0) is 4.74 Å². The van der Waals surface area contributed by atoms with Crippen molar-refractivity contribution in [2.45, 2.75) is 52.2 Å². The largest absolute Gasteiger partial charge is 0.389 e. The number of β-amino-alcohol motifs (C(OH)–C–C–N with tert-alkyl or cyclic N) is 1. The van der Waals surface area contributed by atoms with Gasteiger partial charge in [0.15, 0.2) is 0 Å². The second kappa shape index (κ2) is 11.6.